The standard InChI is InChI=1S/C22H25ClN2O3/c1-14(2)24-21(26)20-13-25(22(27)16-7-4-8-17(23)10-16)12-19(20)15-6-5-9-18(11-15)28-3/h4-11,14,19-20H,12-13H2,1-3H3,(H,24,26)/t19-,20+/m1/s1. The quantitative estimate of drug-likeness (QED) is 0.831. The van der Waals surface area contributed by atoms with E-state index >= 15 is 0 Å². The van der Waals surface area contributed by atoms with Crippen molar-refractivity contribution in [2.24, 2.45) is 5.92 Å². The van der Waals surface area contributed by atoms with Crippen molar-refractivity contribution in [2.75, 3.05) is 20.2 Å². The Bertz CT molecular complexity index is 868. The van der Waals surface area contributed by atoms with E-state index in [0.717, 1.165) is 11.3 Å². The fraction of sp³-hybridized carbons (Fsp3) is 0.364. The van der Waals surface area contributed by atoms with Gasteiger partial charge in [-0.05, 0) is 49.7 Å². The van der Waals surface area contributed by atoms with Crippen LogP contribution in [0, 0.1) is 5.92 Å². The zero-order valence-corrected chi connectivity index (χ0v) is 17.1. The van der Waals surface area contributed by atoms with Gasteiger partial charge in [0.1, 0.15) is 5.75 Å². The maximum absolute atomic E-state index is 13.0. The van der Waals surface area contributed by atoms with Gasteiger partial charge in [-0.2, -0.15) is 0 Å². The van der Waals surface area contributed by atoms with Crippen LogP contribution >= 0.6 is 11.6 Å². The summed E-state index contributed by atoms with van der Waals surface area (Å²) < 4.78 is 5.34. The van der Waals surface area contributed by atoms with E-state index in [-0.39, 0.29) is 29.7 Å². The smallest absolute Gasteiger partial charge is 0.253 e. The summed E-state index contributed by atoms with van der Waals surface area (Å²) in [5.41, 5.74) is 1.52. The van der Waals surface area contributed by atoms with Crippen LogP contribution in [0.3, 0.4) is 0 Å². The zero-order valence-electron chi connectivity index (χ0n) is 16.3. The first kappa shape index (κ1) is 20.2. The van der Waals surface area contributed by atoms with Crippen LogP contribution in [0.2, 0.25) is 5.02 Å². The van der Waals surface area contributed by atoms with E-state index in [9.17, 15) is 9.59 Å². The van der Waals surface area contributed by atoms with Crippen LogP contribution in [0.5, 0.6) is 5.75 Å². The third kappa shape index (κ3) is 4.47. The molecule has 2 atom stereocenters. The lowest BCUT2D eigenvalue weighted by Gasteiger charge is -2.20. The molecule has 1 N–H and O–H groups in total. The molecule has 0 bridgehead atoms. The minimum Gasteiger partial charge on any atom is -0.497 e. The monoisotopic (exact) mass is 400 g/mol. The largest absolute Gasteiger partial charge is 0.497 e. The van der Waals surface area contributed by atoms with Crippen LogP contribution in [0.25, 0.3) is 0 Å². The van der Waals surface area contributed by atoms with Crippen LogP contribution in [0.15, 0.2) is 48.5 Å². The van der Waals surface area contributed by atoms with Gasteiger partial charge >= 0.3 is 0 Å². The first-order chi connectivity index (χ1) is 13.4. The second kappa shape index (κ2) is 8.65. The fourth-order valence-electron chi connectivity index (χ4n) is 3.64. The van der Waals surface area contributed by atoms with Gasteiger partial charge in [0.15, 0.2) is 0 Å². The van der Waals surface area contributed by atoms with Crippen molar-refractivity contribution in [3.63, 3.8) is 0 Å². The summed E-state index contributed by atoms with van der Waals surface area (Å²) >= 11 is 6.04. The normalized spacial score (nSPS) is 19.0. The van der Waals surface area contributed by atoms with Crippen molar-refractivity contribution in [3.8, 4) is 5.75 Å². The van der Waals surface area contributed by atoms with E-state index in [0.29, 0.717) is 23.7 Å². The number of ether oxygens (including phenoxy) is 1. The van der Waals surface area contributed by atoms with Crippen LogP contribution in [0.1, 0.15) is 35.7 Å². The number of hydrogen-bond donors (Lipinski definition) is 1. The van der Waals surface area contributed by atoms with Crippen LogP contribution in [-0.2, 0) is 4.79 Å². The van der Waals surface area contributed by atoms with Gasteiger partial charge < -0.3 is 15.0 Å². The number of nitrogens with zero attached hydrogens (tertiary/aromatic N) is 1. The van der Waals surface area contributed by atoms with Gasteiger partial charge in [-0.1, -0.05) is 29.8 Å². The molecule has 5 nitrogen and oxygen atoms in total. The molecule has 6 heteroatoms. The van der Waals surface area contributed by atoms with E-state index in [2.05, 4.69) is 5.32 Å². The molecule has 148 valence electrons. The Morgan fingerprint density at radius 1 is 1.14 bits per heavy atom. The van der Waals surface area contributed by atoms with Crippen molar-refractivity contribution in [2.45, 2.75) is 25.8 Å². The van der Waals surface area contributed by atoms with Crippen molar-refractivity contribution < 1.29 is 14.3 Å². The second-order valence-corrected chi connectivity index (χ2v) is 7.81. The van der Waals surface area contributed by atoms with Gasteiger partial charge in [0.2, 0.25) is 5.91 Å². The first-order valence-corrected chi connectivity index (χ1v) is 9.76. The third-order valence-corrected chi connectivity index (χ3v) is 5.20. The molecule has 0 saturated carbocycles. The van der Waals surface area contributed by atoms with Crippen molar-refractivity contribution in [1.82, 2.24) is 10.2 Å². The number of benzene rings is 2. The number of hydrogen-bond acceptors (Lipinski definition) is 3. The Morgan fingerprint density at radius 3 is 2.57 bits per heavy atom. The number of amides is 2. The Balaban J connectivity index is 1.89. The molecule has 0 radical (unpaired) electrons. The average Bonchev–Trinajstić information content (AvgIpc) is 3.12. The summed E-state index contributed by atoms with van der Waals surface area (Å²) in [4.78, 5) is 27.6. The summed E-state index contributed by atoms with van der Waals surface area (Å²) in [5, 5.41) is 3.51. The molecular formula is C22H25ClN2O3. The molecule has 0 aliphatic carbocycles. The molecule has 28 heavy (non-hydrogen) atoms. The van der Waals surface area contributed by atoms with Gasteiger partial charge in [0.25, 0.3) is 5.91 Å². The Morgan fingerprint density at radius 2 is 1.89 bits per heavy atom. The average molecular weight is 401 g/mol. The molecule has 0 spiro atoms. The van der Waals surface area contributed by atoms with Crippen LogP contribution in [-0.4, -0.2) is 43.0 Å². The van der Waals surface area contributed by atoms with E-state index in [4.69, 9.17) is 16.3 Å². The van der Waals surface area contributed by atoms with E-state index < -0.39 is 0 Å². The molecule has 1 fully saturated rings. The molecule has 1 aliphatic rings. The van der Waals surface area contributed by atoms with Crippen molar-refractivity contribution in [1.29, 1.82) is 0 Å². The van der Waals surface area contributed by atoms with Gasteiger partial charge in [-0.3, -0.25) is 9.59 Å². The Labute approximate surface area is 170 Å². The summed E-state index contributed by atoms with van der Waals surface area (Å²) in [6.07, 6.45) is 0. The van der Waals surface area contributed by atoms with E-state index in [1.54, 1.807) is 36.3 Å². The van der Waals surface area contributed by atoms with Crippen molar-refractivity contribution >= 4 is 23.4 Å². The topological polar surface area (TPSA) is 58.6 Å². The van der Waals surface area contributed by atoms with E-state index in [1.165, 1.54) is 0 Å². The number of nitrogens with one attached hydrogen (secondary N) is 1. The highest BCUT2D eigenvalue weighted by molar-refractivity contribution is 6.30. The van der Waals surface area contributed by atoms with Crippen LogP contribution in [0.4, 0.5) is 0 Å². The summed E-state index contributed by atoms with van der Waals surface area (Å²) in [7, 11) is 1.62. The van der Waals surface area contributed by atoms with E-state index in [1.807, 2.05) is 38.1 Å². The molecule has 1 heterocycles. The van der Waals surface area contributed by atoms with Gasteiger partial charge in [-0.15, -0.1) is 0 Å². The summed E-state index contributed by atoms with van der Waals surface area (Å²) in [5.74, 6) is 0.161. The molecule has 1 aliphatic heterocycles. The molecule has 2 aromatic rings. The molecule has 2 amide bonds. The number of methoxy groups -OCH3 is 1. The van der Waals surface area contributed by atoms with Crippen LogP contribution < -0.4 is 10.1 Å². The minimum atomic E-state index is -0.322. The maximum Gasteiger partial charge on any atom is 0.253 e. The summed E-state index contributed by atoms with van der Waals surface area (Å²) in [6, 6.07) is 14.6. The molecule has 3 rings (SSSR count). The lowest BCUT2D eigenvalue weighted by atomic mass is 9.88. The van der Waals surface area contributed by atoms with Gasteiger partial charge in [0, 0.05) is 35.6 Å². The fourth-order valence-corrected chi connectivity index (χ4v) is 3.83. The number of carbonyl (C=O) groups is 2. The predicted molar refractivity (Wildman–Crippen MR) is 110 cm³/mol. The Hall–Kier alpha value is -2.53. The molecule has 0 aromatic heterocycles. The molecular weight excluding hydrogens is 376 g/mol. The maximum atomic E-state index is 13.0. The molecule has 2 aromatic carbocycles. The predicted octanol–water partition coefficient (Wildman–Crippen LogP) is 3.73. The minimum absolute atomic E-state index is 0.0378. The highest BCUT2D eigenvalue weighted by Crippen LogP contribution is 2.35. The highest BCUT2D eigenvalue weighted by Gasteiger charge is 2.40. The number of halogens is 1. The number of rotatable bonds is 5. The SMILES string of the molecule is COc1cccc([C@H]2CN(C(=O)c3cccc(Cl)c3)C[C@@H]2C(=O)NC(C)C)c1. The lowest BCUT2D eigenvalue weighted by Crippen LogP contribution is -2.39. The highest BCUT2D eigenvalue weighted by atomic mass is 35.5. The third-order valence-electron chi connectivity index (χ3n) is 4.97. The zero-order chi connectivity index (χ0) is 20.3. The molecule has 0 unspecified atom stereocenters. The van der Waals surface area contributed by atoms with Gasteiger partial charge in [0.05, 0.1) is 13.0 Å². The first-order valence-electron chi connectivity index (χ1n) is 9.38. The van der Waals surface area contributed by atoms with Gasteiger partial charge in [-0.25, -0.2) is 0 Å². The number of carbonyl (C=O) groups excluding carboxylic acids is 2. The second-order valence-electron chi connectivity index (χ2n) is 7.37. The Kier molecular flexibility index (Phi) is 6.25. The lowest BCUT2D eigenvalue weighted by molar-refractivity contribution is -0.125. The summed E-state index contributed by atoms with van der Waals surface area (Å²) in [6.45, 7) is 4.70. The van der Waals surface area contributed by atoms with Crippen molar-refractivity contribution in [3.05, 3.63) is 64.7 Å². The molecule has 1 saturated heterocycles. The number of likely N-dealkylation sites (tertiary alicyclic amines) is 1.